The number of primary amides is 1. The molecule has 5 amide bonds. The van der Waals surface area contributed by atoms with Gasteiger partial charge >= 0.3 is 6.09 Å². The molecule has 0 radical (unpaired) electrons. The number of amides is 5. The van der Waals surface area contributed by atoms with Gasteiger partial charge in [0.05, 0.1) is 18.8 Å². The Morgan fingerprint density at radius 1 is 1.06 bits per heavy atom. The maximum absolute atomic E-state index is 13.0. The topological polar surface area (TPSA) is 327 Å². The Bertz CT molecular complexity index is 1150. The summed E-state index contributed by atoms with van der Waals surface area (Å²) in [6.45, 7) is 1.56. The second-order valence-electron chi connectivity index (χ2n) is 11.9. The maximum atomic E-state index is 13.0. The second-order valence-corrected chi connectivity index (χ2v) is 11.9. The van der Waals surface area contributed by atoms with Crippen LogP contribution in [0.3, 0.4) is 0 Å². The highest BCUT2D eigenvalue weighted by atomic mass is 16.6. The molecule has 0 spiro atoms. The molecule has 3 aliphatic rings. The van der Waals surface area contributed by atoms with Crippen LogP contribution in [0, 0.1) is 0 Å². The SMILES string of the molecule is CC(=O)NCCCC(N)CC(=O)NCCCC(N)CC(=O)NC1C(NC2=NC3C(=O)NCC(O)C3N2)OC(CO)C(OC(N)=O)C1O. The maximum Gasteiger partial charge on any atom is 0.404 e. The molecule has 3 heterocycles. The zero-order valence-corrected chi connectivity index (χ0v) is 26.2. The molecule has 0 aromatic carbocycles. The smallest absolute Gasteiger partial charge is 0.404 e. The minimum absolute atomic E-state index is 0.0226. The lowest BCUT2D eigenvalue weighted by Crippen LogP contribution is -2.70. The average molecular weight is 673 g/mol. The Morgan fingerprint density at radius 3 is 2.30 bits per heavy atom. The van der Waals surface area contributed by atoms with Crippen molar-refractivity contribution in [3.05, 3.63) is 0 Å². The first kappa shape index (κ1) is 37.6. The molecule has 3 aliphatic heterocycles. The summed E-state index contributed by atoms with van der Waals surface area (Å²) in [4.78, 5) is 64.1. The zero-order chi connectivity index (χ0) is 34.7. The van der Waals surface area contributed by atoms with E-state index in [-0.39, 0.29) is 43.2 Å². The number of nitrogens with zero attached hydrogens (tertiary/aromatic N) is 1. The van der Waals surface area contributed by atoms with Crippen molar-refractivity contribution in [2.24, 2.45) is 22.2 Å². The normalized spacial score (nSPS) is 29.6. The van der Waals surface area contributed by atoms with Gasteiger partial charge < -0.3 is 73.9 Å². The number of aliphatic hydroxyl groups is 3. The van der Waals surface area contributed by atoms with E-state index >= 15 is 0 Å². The summed E-state index contributed by atoms with van der Waals surface area (Å²) in [5.41, 5.74) is 17.3. The largest absolute Gasteiger partial charge is 0.441 e. The summed E-state index contributed by atoms with van der Waals surface area (Å²) >= 11 is 0. The van der Waals surface area contributed by atoms with Crippen LogP contribution in [-0.2, 0) is 28.7 Å². The average Bonchev–Trinajstić information content (AvgIpc) is 3.43. The highest BCUT2D eigenvalue weighted by molar-refractivity contribution is 5.92. The number of aliphatic imine (C=N–C) groups is 1. The van der Waals surface area contributed by atoms with Crippen LogP contribution < -0.4 is 49.1 Å². The molecule has 10 unspecified atom stereocenters. The third-order valence-electron chi connectivity index (χ3n) is 7.93. The lowest BCUT2D eigenvalue weighted by atomic mass is 9.95. The van der Waals surface area contributed by atoms with Crippen LogP contribution in [0.1, 0.15) is 45.4 Å². The summed E-state index contributed by atoms with van der Waals surface area (Å²) in [6, 6.07) is -3.92. The number of carbonyl (C=O) groups is 5. The Kier molecular flexibility index (Phi) is 14.3. The van der Waals surface area contributed by atoms with E-state index in [9.17, 15) is 39.3 Å². The number of fused-ring (bicyclic) bond motifs is 1. The predicted molar refractivity (Wildman–Crippen MR) is 164 cm³/mol. The Hall–Kier alpha value is -3.82. The highest BCUT2D eigenvalue weighted by Gasteiger charge is 2.49. The number of piperidine rings is 1. The molecule has 0 bridgehead atoms. The first-order chi connectivity index (χ1) is 22.3. The van der Waals surface area contributed by atoms with Crippen LogP contribution in [0.4, 0.5) is 4.79 Å². The molecular weight excluding hydrogens is 624 g/mol. The number of hydrogen-bond donors (Lipinski definition) is 12. The number of β-amino-alcohol motifs (C(OH)–C–C–N with tert-alkyl or cyclic N) is 1. The van der Waals surface area contributed by atoms with Crippen molar-refractivity contribution < 1.29 is 48.8 Å². The van der Waals surface area contributed by atoms with E-state index in [2.05, 4.69) is 36.9 Å². The first-order valence-corrected chi connectivity index (χ1v) is 15.6. The molecule has 3 rings (SSSR count). The van der Waals surface area contributed by atoms with Crippen molar-refractivity contribution in [1.29, 1.82) is 0 Å². The van der Waals surface area contributed by atoms with Crippen LogP contribution >= 0.6 is 0 Å². The summed E-state index contributed by atoms with van der Waals surface area (Å²) in [5, 5.41) is 47.6. The molecule has 266 valence electrons. The number of nitrogens with two attached hydrogens (primary N) is 3. The first-order valence-electron chi connectivity index (χ1n) is 15.6. The van der Waals surface area contributed by atoms with E-state index in [1.54, 1.807) is 0 Å². The van der Waals surface area contributed by atoms with Crippen molar-refractivity contribution in [3.63, 3.8) is 0 Å². The summed E-state index contributed by atoms with van der Waals surface area (Å²) < 4.78 is 10.8. The Morgan fingerprint density at radius 2 is 1.70 bits per heavy atom. The molecule has 20 nitrogen and oxygen atoms in total. The van der Waals surface area contributed by atoms with Gasteiger partial charge in [0.25, 0.3) is 0 Å². The minimum Gasteiger partial charge on any atom is -0.441 e. The minimum atomic E-state index is -1.61. The summed E-state index contributed by atoms with van der Waals surface area (Å²) in [7, 11) is 0. The molecule has 0 aliphatic carbocycles. The van der Waals surface area contributed by atoms with Crippen LogP contribution in [0.15, 0.2) is 4.99 Å². The number of carbonyl (C=O) groups excluding carboxylic acids is 5. The molecular formula is C27H48N10O10. The van der Waals surface area contributed by atoms with Crippen molar-refractivity contribution in [3.8, 4) is 0 Å². The standard InChI is InChI=1S/C27H48N10O10/c1-12(39)31-6-2-4-13(28)8-17(41)32-7-3-5-14(29)9-18(42)34-21-22(43)23(47-26(30)45)16(11-38)46-25(21)37-27-35-19-15(40)10-33-24(44)20(19)36-27/h13-16,19-23,25,38,40,43H,2-11,28-29H2,1H3,(H2,30,45)(H,31,39)(H,32,41)(H,33,44)(H,34,42)(H2,35,36,37). The number of rotatable bonds is 16. The molecule has 2 fully saturated rings. The van der Waals surface area contributed by atoms with Gasteiger partial charge in [0, 0.05) is 51.5 Å². The Balaban J connectivity index is 1.51. The molecule has 0 aromatic heterocycles. The lowest BCUT2D eigenvalue weighted by molar-refractivity contribution is -0.198. The number of nitrogens with one attached hydrogen (secondary N) is 6. The summed E-state index contributed by atoms with van der Waals surface area (Å²) in [5.74, 6) is -1.32. The number of guanidine groups is 1. The number of ether oxygens (including phenoxy) is 2. The molecule has 15 N–H and O–H groups in total. The number of aliphatic hydroxyl groups excluding tert-OH is 3. The van der Waals surface area contributed by atoms with Gasteiger partial charge in [-0.05, 0) is 25.7 Å². The van der Waals surface area contributed by atoms with Crippen LogP contribution in [0.5, 0.6) is 0 Å². The molecule has 10 atom stereocenters. The van der Waals surface area contributed by atoms with Crippen LogP contribution in [0.25, 0.3) is 0 Å². The monoisotopic (exact) mass is 672 g/mol. The zero-order valence-electron chi connectivity index (χ0n) is 26.2. The number of hydrogen-bond acceptors (Lipinski definition) is 15. The fourth-order valence-electron chi connectivity index (χ4n) is 5.56. The van der Waals surface area contributed by atoms with Crippen molar-refractivity contribution in [1.82, 2.24) is 31.9 Å². The molecule has 20 heteroatoms. The van der Waals surface area contributed by atoms with Gasteiger partial charge in [-0.2, -0.15) is 0 Å². The van der Waals surface area contributed by atoms with Gasteiger partial charge in [-0.15, -0.1) is 0 Å². The fraction of sp³-hybridized carbons (Fsp3) is 0.778. The second kappa shape index (κ2) is 17.9. The van der Waals surface area contributed by atoms with Gasteiger partial charge in [-0.1, -0.05) is 0 Å². The summed E-state index contributed by atoms with van der Waals surface area (Å²) in [6.07, 6.45) is -5.72. The molecule has 0 aromatic rings. The Labute approximate surface area is 271 Å². The van der Waals surface area contributed by atoms with Crippen LogP contribution in [-0.4, -0.2) is 138 Å². The third-order valence-corrected chi connectivity index (χ3v) is 7.93. The predicted octanol–water partition coefficient (Wildman–Crippen LogP) is -5.96. The van der Waals surface area contributed by atoms with E-state index in [4.69, 9.17) is 26.7 Å². The van der Waals surface area contributed by atoms with Crippen LogP contribution in [0.2, 0.25) is 0 Å². The van der Waals surface area contributed by atoms with E-state index in [0.717, 1.165) is 0 Å². The van der Waals surface area contributed by atoms with Crippen molar-refractivity contribution >= 4 is 35.7 Å². The quantitative estimate of drug-likeness (QED) is 0.0680. The van der Waals surface area contributed by atoms with E-state index in [0.29, 0.717) is 38.8 Å². The lowest BCUT2D eigenvalue weighted by Gasteiger charge is -2.44. The van der Waals surface area contributed by atoms with Gasteiger partial charge in [-0.25, -0.2) is 9.79 Å². The van der Waals surface area contributed by atoms with E-state index in [1.807, 2.05) is 0 Å². The van der Waals surface area contributed by atoms with E-state index < -0.39 is 79.3 Å². The highest BCUT2D eigenvalue weighted by Crippen LogP contribution is 2.24. The molecule has 0 saturated carbocycles. The fourth-order valence-corrected chi connectivity index (χ4v) is 5.56. The molecule has 47 heavy (non-hydrogen) atoms. The van der Waals surface area contributed by atoms with E-state index in [1.165, 1.54) is 6.92 Å². The van der Waals surface area contributed by atoms with Gasteiger partial charge in [0.15, 0.2) is 24.3 Å². The van der Waals surface area contributed by atoms with Gasteiger partial charge in [0.2, 0.25) is 23.6 Å². The molecule has 2 saturated heterocycles. The third kappa shape index (κ3) is 11.4. The van der Waals surface area contributed by atoms with Crippen molar-refractivity contribution in [2.75, 3.05) is 26.2 Å². The van der Waals surface area contributed by atoms with Crippen molar-refractivity contribution in [2.45, 2.75) is 106 Å². The van der Waals surface area contributed by atoms with Gasteiger partial charge in [0.1, 0.15) is 18.2 Å². The van der Waals surface area contributed by atoms with Gasteiger partial charge in [-0.3, -0.25) is 19.2 Å².